The monoisotopic (exact) mass is 400 g/mol. The van der Waals surface area contributed by atoms with E-state index in [4.69, 9.17) is 4.74 Å². The second-order valence-electron chi connectivity index (χ2n) is 6.15. The van der Waals surface area contributed by atoms with Crippen LogP contribution in [0, 0.1) is 0 Å². The van der Waals surface area contributed by atoms with Gasteiger partial charge in [0.1, 0.15) is 5.75 Å². The summed E-state index contributed by atoms with van der Waals surface area (Å²) < 4.78 is 7.74. The smallest absolute Gasteiger partial charge is 0.234 e. The molecule has 1 aliphatic rings. The van der Waals surface area contributed by atoms with Gasteiger partial charge in [-0.25, -0.2) is 0 Å². The number of aromatic nitrogens is 3. The summed E-state index contributed by atoms with van der Waals surface area (Å²) in [6.45, 7) is 2.47. The SMILES string of the molecule is CCOc1ccccc1NC(=O)CSc1nnc(-c2cccs2)n1C1CC1. The maximum absolute atomic E-state index is 12.4. The fraction of sp³-hybridized carbons (Fsp3) is 0.316. The van der Waals surface area contributed by atoms with E-state index in [2.05, 4.69) is 26.1 Å². The van der Waals surface area contributed by atoms with Crippen LogP contribution < -0.4 is 10.1 Å². The average Bonchev–Trinajstić information content (AvgIpc) is 3.19. The van der Waals surface area contributed by atoms with Crippen molar-refractivity contribution in [2.24, 2.45) is 0 Å². The fourth-order valence-electron chi connectivity index (χ4n) is 2.78. The van der Waals surface area contributed by atoms with Crippen LogP contribution in [0.5, 0.6) is 5.75 Å². The van der Waals surface area contributed by atoms with Crippen LogP contribution in [0.3, 0.4) is 0 Å². The number of hydrogen-bond acceptors (Lipinski definition) is 6. The molecule has 0 atom stereocenters. The van der Waals surface area contributed by atoms with Crippen molar-refractivity contribution in [1.29, 1.82) is 0 Å². The first-order valence-corrected chi connectivity index (χ1v) is 10.8. The lowest BCUT2D eigenvalue weighted by Gasteiger charge is -2.11. The molecular formula is C19H20N4O2S2. The molecule has 2 heterocycles. The summed E-state index contributed by atoms with van der Waals surface area (Å²) in [6.07, 6.45) is 2.27. The summed E-state index contributed by atoms with van der Waals surface area (Å²) in [7, 11) is 0. The number of para-hydroxylation sites is 2. The van der Waals surface area contributed by atoms with Crippen LogP contribution in [-0.4, -0.2) is 33.0 Å². The molecule has 0 radical (unpaired) electrons. The Morgan fingerprint density at radius 2 is 2.15 bits per heavy atom. The van der Waals surface area contributed by atoms with Gasteiger partial charge in [-0.15, -0.1) is 21.5 Å². The first-order chi connectivity index (χ1) is 13.3. The van der Waals surface area contributed by atoms with Gasteiger partial charge in [-0.2, -0.15) is 0 Å². The Labute approximate surface area is 166 Å². The van der Waals surface area contributed by atoms with Crippen molar-refractivity contribution in [3.63, 3.8) is 0 Å². The molecule has 140 valence electrons. The Morgan fingerprint density at radius 1 is 1.30 bits per heavy atom. The third-order valence-corrected chi connectivity index (χ3v) is 5.92. The third-order valence-electron chi connectivity index (χ3n) is 4.11. The van der Waals surface area contributed by atoms with Crippen molar-refractivity contribution in [3.8, 4) is 16.5 Å². The topological polar surface area (TPSA) is 69.0 Å². The maximum atomic E-state index is 12.4. The van der Waals surface area contributed by atoms with Crippen LogP contribution in [0.15, 0.2) is 46.9 Å². The molecule has 1 N–H and O–H groups in total. The normalized spacial score (nSPS) is 13.5. The molecule has 1 aromatic carbocycles. The van der Waals surface area contributed by atoms with Gasteiger partial charge in [0.05, 0.1) is 22.9 Å². The Morgan fingerprint density at radius 3 is 2.89 bits per heavy atom. The molecular weight excluding hydrogens is 380 g/mol. The maximum Gasteiger partial charge on any atom is 0.234 e. The molecule has 0 saturated heterocycles. The van der Waals surface area contributed by atoms with Crippen LogP contribution in [0.4, 0.5) is 5.69 Å². The van der Waals surface area contributed by atoms with Gasteiger partial charge in [0.25, 0.3) is 0 Å². The highest BCUT2D eigenvalue weighted by Gasteiger charge is 2.30. The summed E-state index contributed by atoms with van der Waals surface area (Å²) in [6, 6.07) is 12.0. The highest BCUT2D eigenvalue weighted by Crippen LogP contribution is 2.41. The van der Waals surface area contributed by atoms with Gasteiger partial charge in [-0.1, -0.05) is 30.0 Å². The summed E-state index contributed by atoms with van der Waals surface area (Å²) in [5, 5.41) is 14.5. The van der Waals surface area contributed by atoms with Gasteiger partial charge in [0.15, 0.2) is 11.0 Å². The van der Waals surface area contributed by atoms with Crippen molar-refractivity contribution in [3.05, 3.63) is 41.8 Å². The molecule has 0 unspecified atom stereocenters. The summed E-state index contributed by atoms with van der Waals surface area (Å²) in [5.41, 5.74) is 0.688. The fourth-order valence-corrected chi connectivity index (χ4v) is 4.29. The molecule has 3 aromatic rings. The minimum absolute atomic E-state index is 0.0878. The Bertz CT molecular complexity index is 920. The molecule has 1 saturated carbocycles. The van der Waals surface area contributed by atoms with Crippen molar-refractivity contribution < 1.29 is 9.53 Å². The van der Waals surface area contributed by atoms with E-state index in [1.165, 1.54) is 11.8 Å². The van der Waals surface area contributed by atoms with Gasteiger partial charge in [0, 0.05) is 6.04 Å². The van der Waals surface area contributed by atoms with Crippen LogP contribution in [0.1, 0.15) is 25.8 Å². The Kier molecular flexibility index (Phi) is 5.45. The zero-order valence-electron chi connectivity index (χ0n) is 14.9. The van der Waals surface area contributed by atoms with Gasteiger partial charge in [-0.3, -0.25) is 9.36 Å². The molecule has 1 amide bonds. The molecule has 2 aromatic heterocycles. The number of benzene rings is 1. The van der Waals surface area contributed by atoms with Crippen molar-refractivity contribution in [2.45, 2.75) is 31.0 Å². The lowest BCUT2D eigenvalue weighted by atomic mass is 10.3. The van der Waals surface area contributed by atoms with Crippen LogP contribution in [0.25, 0.3) is 10.7 Å². The Balaban J connectivity index is 1.44. The summed E-state index contributed by atoms with van der Waals surface area (Å²) in [4.78, 5) is 13.5. The molecule has 6 nitrogen and oxygen atoms in total. The van der Waals surface area contributed by atoms with Crippen LogP contribution in [-0.2, 0) is 4.79 Å². The van der Waals surface area contributed by atoms with Gasteiger partial charge in [0.2, 0.25) is 5.91 Å². The number of nitrogens with one attached hydrogen (secondary N) is 1. The number of nitrogens with zero attached hydrogens (tertiary/aromatic N) is 3. The van der Waals surface area contributed by atoms with Crippen LogP contribution >= 0.6 is 23.1 Å². The van der Waals surface area contributed by atoms with Crippen molar-refractivity contribution in [2.75, 3.05) is 17.7 Å². The predicted molar refractivity (Wildman–Crippen MR) is 109 cm³/mol. The highest BCUT2D eigenvalue weighted by atomic mass is 32.2. The number of hydrogen-bond donors (Lipinski definition) is 1. The number of amides is 1. The van der Waals surface area contributed by atoms with E-state index in [1.54, 1.807) is 11.3 Å². The molecule has 8 heteroatoms. The molecule has 4 rings (SSSR count). The Hall–Kier alpha value is -2.32. The average molecular weight is 401 g/mol. The van der Waals surface area contributed by atoms with E-state index in [1.807, 2.05) is 42.6 Å². The number of anilines is 1. The number of thioether (sulfide) groups is 1. The standard InChI is InChI=1S/C19H20N4O2S2/c1-2-25-15-7-4-3-6-14(15)20-17(24)12-27-19-22-21-18(16-8-5-11-26-16)23(19)13-9-10-13/h3-8,11,13H,2,9-10,12H2,1H3,(H,20,24). The molecule has 1 fully saturated rings. The highest BCUT2D eigenvalue weighted by molar-refractivity contribution is 7.99. The van der Waals surface area contributed by atoms with E-state index in [9.17, 15) is 4.79 Å². The molecule has 1 aliphatic carbocycles. The second-order valence-corrected chi connectivity index (χ2v) is 8.04. The van der Waals surface area contributed by atoms with Gasteiger partial charge >= 0.3 is 0 Å². The lowest BCUT2D eigenvalue weighted by Crippen LogP contribution is -2.15. The minimum Gasteiger partial charge on any atom is -0.492 e. The quantitative estimate of drug-likeness (QED) is 0.565. The summed E-state index contributed by atoms with van der Waals surface area (Å²) in [5.74, 6) is 1.77. The summed E-state index contributed by atoms with van der Waals surface area (Å²) >= 11 is 3.08. The zero-order chi connectivity index (χ0) is 18.6. The van der Waals surface area contributed by atoms with E-state index < -0.39 is 0 Å². The predicted octanol–water partition coefficient (Wildman–Crippen LogP) is 4.47. The van der Waals surface area contributed by atoms with Gasteiger partial charge < -0.3 is 10.1 Å². The molecule has 27 heavy (non-hydrogen) atoms. The number of carbonyl (C=O) groups excluding carboxylic acids is 1. The molecule has 0 bridgehead atoms. The number of thiophene rings is 1. The second kappa shape index (κ2) is 8.14. The van der Waals surface area contributed by atoms with E-state index in [0.717, 1.165) is 28.7 Å². The first-order valence-electron chi connectivity index (χ1n) is 8.89. The molecule has 0 spiro atoms. The number of carbonyl (C=O) groups is 1. The van der Waals surface area contributed by atoms with Crippen LogP contribution in [0.2, 0.25) is 0 Å². The first kappa shape index (κ1) is 18.1. The number of rotatable bonds is 8. The minimum atomic E-state index is -0.0878. The zero-order valence-corrected chi connectivity index (χ0v) is 16.6. The molecule has 0 aliphatic heterocycles. The number of ether oxygens (including phenoxy) is 1. The van der Waals surface area contributed by atoms with Crippen molar-refractivity contribution in [1.82, 2.24) is 14.8 Å². The van der Waals surface area contributed by atoms with Gasteiger partial charge in [-0.05, 0) is 43.3 Å². The largest absolute Gasteiger partial charge is 0.492 e. The van der Waals surface area contributed by atoms with E-state index in [-0.39, 0.29) is 11.7 Å². The van der Waals surface area contributed by atoms with E-state index >= 15 is 0 Å². The van der Waals surface area contributed by atoms with E-state index in [0.29, 0.717) is 24.1 Å². The lowest BCUT2D eigenvalue weighted by molar-refractivity contribution is -0.113. The van der Waals surface area contributed by atoms with Crippen molar-refractivity contribution >= 4 is 34.7 Å². The third kappa shape index (κ3) is 4.17.